The molecule has 0 radical (unpaired) electrons. The van der Waals surface area contributed by atoms with E-state index < -0.39 is 0 Å². The quantitative estimate of drug-likeness (QED) is 0.609. The molecule has 0 aromatic heterocycles. The number of rotatable bonds is 7. The van der Waals surface area contributed by atoms with Crippen molar-refractivity contribution in [1.82, 2.24) is 0 Å². The third kappa shape index (κ3) is 5.15. The first kappa shape index (κ1) is 15.1. The van der Waals surface area contributed by atoms with Crippen LogP contribution in [-0.2, 0) is 4.74 Å². The Morgan fingerprint density at radius 1 is 1.33 bits per heavy atom. The monoisotopic (exact) mass is 270 g/mol. The number of benzene rings is 1. The number of halogens is 1. The van der Waals surface area contributed by atoms with Crippen LogP contribution >= 0.6 is 11.6 Å². The molecule has 0 atom stereocenters. The lowest BCUT2D eigenvalue weighted by Crippen LogP contribution is -2.23. The lowest BCUT2D eigenvalue weighted by atomic mass is 10.1. The zero-order valence-electron chi connectivity index (χ0n) is 11.4. The molecular weight excluding hydrogens is 248 g/mol. The van der Waals surface area contributed by atoms with Crippen LogP contribution in [0, 0.1) is 5.92 Å². The van der Waals surface area contributed by atoms with Crippen molar-refractivity contribution < 1.29 is 4.74 Å². The summed E-state index contributed by atoms with van der Waals surface area (Å²) in [5.41, 5.74) is 7.61. The van der Waals surface area contributed by atoms with Gasteiger partial charge in [-0.3, -0.25) is 0 Å². The summed E-state index contributed by atoms with van der Waals surface area (Å²) in [5.74, 6) is 0.686. The Kier molecular flexibility index (Phi) is 6.30. The van der Waals surface area contributed by atoms with E-state index in [9.17, 15) is 0 Å². The maximum Gasteiger partial charge on any atom is 0.0641 e. The highest BCUT2D eigenvalue weighted by Gasteiger charge is 2.06. The molecule has 4 heteroatoms. The van der Waals surface area contributed by atoms with E-state index in [-0.39, 0.29) is 0 Å². The third-order valence-electron chi connectivity index (χ3n) is 2.81. The zero-order chi connectivity index (χ0) is 13.5. The first-order valence-corrected chi connectivity index (χ1v) is 6.72. The van der Waals surface area contributed by atoms with E-state index >= 15 is 0 Å². The summed E-state index contributed by atoms with van der Waals surface area (Å²) in [6.07, 6.45) is 1.10. The van der Waals surface area contributed by atoms with Gasteiger partial charge in [-0.15, -0.1) is 0 Å². The largest absolute Gasteiger partial charge is 0.397 e. The van der Waals surface area contributed by atoms with Gasteiger partial charge in [-0.05, 0) is 30.5 Å². The van der Waals surface area contributed by atoms with Crippen molar-refractivity contribution in [1.29, 1.82) is 0 Å². The molecule has 0 saturated carbocycles. The Bertz CT molecular complexity index is 369. The molecule has 0 saturated heterocycles. The highest BCUT2D eigenvalue weighted by Crippen LogP contribution is 2.25. The van der Waals surface area contributed by atoms with Gasteiger partial charge in [-0.1, -0.05) is 25.4 Å². The summed E-state index contributed by atoms with van der Waals surface area (Å²) >= 11 is 5.97. The standard InChI is InChI=1S/C14H23ClN2O/c1-11(2)6-8-18-9-7-17(3)14-10-12(15)4-5-13(14)16/h4-5,10-11H,6-9,16H2,1-3H3. The second-order valence-electron chi connectivity index (χ2n) is 4.92. The van der Waals surface area contributed by atoms with Crippen LogP contribution in [0.15, 0.2) is 18.2 Å². The number of hydrogen-bond acceptors (Lipinski definition) is 3. The molecule has 0 unspecified atom stereocenters. The normalized spacial score (nSPS) is 10.9. The maximum atomic E-state index is 5.97. The molecule has 3 nitrogen and oxygen atoms in total. The fourth-order valence-electron chi connectivity index (χ4n) is 1.59. The summed E-state index contributed by atoms with van der Waals surface area (Å²) in [4.78, 5) is 2.07. The van der Waals surface area contributed by atoms with Gasteiger partial charge in [0.25, 0.3) is 0 Å². The van der Waals surface area contributed by atoms with Crippen molar-refractivity contribution >= 4 is 23.0 Å². The van der Waals surface area contributed by atoms with Crippen LogP contribution in [0.2, 0.25) is 5.02 Å². The Morgan fingerprint density at radius 3 is 2.72 bits per heavy atom. The molecule has 0 heterocycles. The number of likely N-dealkylation sites (N-methyl/N-ethyl adjacent to an activating group) is 1. The predicted octanol–water partition coefficient (Wildman–Crippen LogP) is 3.42. The van der Waals surface area contributed by atoms with Gasteiger partial charge in [0, 0.05) is 25.2 Å². The summed E-state index contributed by atoms with van der Waals surface area (Å²) in [6.45, 7) is 6.72. The maximum absolute atomic E-state index is 5.97. The fourth-order valence-corrected chi connectivity index (χ4v) is 1.76. The summed E-state index contributed by atoms with van der Waals surface area (Å²) in [5, 5.41) is 0.701. The summed E-state index contributed by atoms with van der Waals surface area (Å²) < 4.78 is 5.59. The van der Waals surface area contributed by atoms with Gasteiger partial charge in [-0.2, -0.15) is 0 Å². The van der Waals surface area contributed by atoms with Gasteiger partial charge in [0.2, 0.25) is 0 Å². The van der Waals surface area contributed by atoms with Crippen molar-refractivity contribution in [2.24, 2.45) is 5.92 Å². The first-order valence-electron chi connectivity index (χ1n) is 6.34. The van der Waals surface area contributed by atoms with Crippen LogP contribution in [0.1, 0.15) is 20.3 Å². The number of nitrogens with two attached hydrogens (primary N) is 1. The van der Waals surface area contributed by atoms with Gasteiger partial charge in [0.15, 0.2) is 0 Å². The minimum atomic E-state index is 0.686. The van der Waals surface area contributed by atoms with E-state index in [4.69, 9.17) is 22.1 Å². The molecule has 0 bridgehead atoms. The van der Waals surface area contributed by atoms with Crippen molar-refractivity contribution in [3.63, 3.8) is 0 Å². The predicted molar refractivity (Wildman–Crippen MR) is 79.4 cm³/mol. The molecule has 0 spiro atoms. The lowest BCUT2D eigenvalue weighted by Gasteiger charge is -2.21. The van der Waals surface area contributed by atoms with Crippen LogP contribution in [-0.4, -0.2) is 26.8 Å². The van der Waals surface area contributed by atoms with E-state index in [1.807, 2.05) is 19.2 Å². The Morgan fingerprint density at radius 2 is 2.06 bits per heavy atom. The van der Waals surface area contributed by atoms with Gasteiger partial charge in [0.1, 0.15) is 0 Å². The number of ether oxygens (including phenoxy) is 1. The Labute approximate surface area is 115 Å². The van der Waals surface area contributed by atoms with E-state index in [1.54, 1.807) is 6.07 Å². The van der Waals surface area contributed by atoms with Gasteiger partial charge >= 0.3 is 0 Å². The second-order valence-corrected chi connectivity index (χ2v) is 5.36. The summed E-state index contributed by atoms with van der Waals surface area (Å²) in [6, 6.07) is 5.51. The van der Waals surface area contributed by atoms with Gasteiger partial charge in [-0.25, -0.2) is 0 Å². The highest BCUT2D eigenvalue weighted by molar-refractivity contribution is 6.31. The third-order valence-corrected chi connectivity index (χ3v) is 3.05. The van der Waals surface area contributed by atoms with E-state index in [0.717, 1.165) is 30.9 Å². The van der Waals surface area contributed by atoms with Crippen LogP contribution in [0.25, 0.3) is 0 Å². The van der Waals surface area contributed by atoms with Crippen LogP contribution in [0.4, 0.5) is 11.4 Å². The molecule has 0 aliphatic carbocycles. The molecule has 1 rings (SSSR count). The molecular formula is C14H23ClN2O. The molecule has 0 aliphatic heterocycles. The van der Waals surface area contributed by atoms with Gasteiger partial charge < -0.3 is 15.4 Å². The van der Waals surface area contributed by atoms with Crippen molar-refractivity contribution in [3.05, 3.63) is 23.2 Å². The average molecular weight is 271 g/mol. The van der Waals surface area contributed by atoms with Crippen LogP contribution < -0.4 is 10.6 Å². The van der Waals surface area contributed by atoms with Gasteiger partial charge in [0.05, 0.1) is 18.0 Å². The molecule has 102 valence electrons. The Balaban J connectivity index is 2.36. The number of nitrogen functional groups attached to an aromatic ring is 1. The van der Waals surface area contributed by atoms with E-state index in [0.29, 0.717) is 17.5 Å². The average Bonchev–Trinajstić information content (AvgIpc) is 2.31. The minimum absolute atomic E-state index is 0.686. The fraction of sp³-hybridized carbons (Fsp3) is 0.571. The number of nitrogens with zero attached hydrogens (tertiary/aromatic N) is 1. The molecule has 0 amide bonds. The molecule has 0 aliphatic rings. The zero-order valence-corrected chi connectivity index (χ0v) is 12.2. The highest BCUT2D eigenvalue weighted by atomic mass is 35.5. The topological polar surface area (TPSA) is 38.5 Å². The molecule has 2 N–H and O–H groups in total. The van der Waals surface area contributed by atoms with E-state index in [2.05, 4.69) is 18.7 Å². The Hall–Kier alpha value is -0.930. The second kappa shape index (κ2) is 7.49. The van der Waals surface area contributed by atoms with Crippen molar-refractivity contribution in [2.75, 3.05) is 37.4 Å². The van der Waals surface area contributed by atoms with Crippen LogP contribution in [0.3, 0.4) is 0 Å². The molecule has 1 aromatic carbocycles. The minimum Gasteiger partial charge on any atom is -0.397 e. The molecule has 1 aromatic rings. The lowest BCUT2D eigenvalue weighted by molar-refractivity contribution is 0.130. The van der Waals surface area contributed by atoms with Crippen molar-refractivity contribution in [3.8, 4) is 0 Å². The van der Waals surface area contributed by atoms with E-state index in [1.165, 1.54) is 0 Å². The molecule has 18 heavy (non-hydrogen) atoms. The first-order chi connectivity index (χ1) is 8.50. The molecule has 0 fully saturated rings. The summed E-state index contributed by atoms with van der Waals surface area (Å²) in [7, 11) is 1.99. The number of anilines is 2. The van der Waals surface area contributed by atoms with Crippen LogP contribution in [0.5, 0.6) is 0 Å². The number of hydrogen-bond donors (Lipinski definition) is 1. The van der Waals surface area contributed by atoms with Crippen molar-refractivity contribution in [2.45, 2.75) is 20.3 Å². The SMILES string of the molecule is CC(C)CCOCCN(C)c1cc(Cl)ccc1N. The smallest absolute Gasteiger partial charge is 0.0641 e.